The Hall–Kier alpha value is -3.70. The summed E-state index contributed by atoms with van der Waals surface area (Å²) >= 11 is 0. The van der Waals surface area contributed by atoms with Crippen LogP contribution in [0.1, 0.15) is 40.5 Å². The Balaban J connectivity index is 1.77. The van der Waals surface area contributed by atoms with Crippen molar-refractivity contribution < 1.29 is 14.3 Å². The van der Waals surface area contributed by atoms with Crippen LogP contribution in [-0.2, 0) is 16.0 Å². The summed E-state index contributed by atoms with van der Waals surface area (Å²) in [4.78, 5) is 31.0. The van der Waals surface area contributed by atoms with Crippen LogP contribution < -0.4 is 5.32 Å². The van der Waals surface area contributed by atoms with Crippen molar-refractivity contribution >= 4 is 17.5 Å². The molecule has 1 atom stereocenters. The highest BCUT2D eigenvalue weighted by molar-refractivity contribution is 5.95. The maximum atomic E-state index is 12.2. The van der Waals surface area contributed by atoms with Crippen molar-refractivity contribution in [3.8, 4) is 17.3 Å². The molecule has 1 aliphatic rings. The molecule has 170 valence electrons. The molecule has 1 aromatic carbocycles. The molecule has 0 bridgehead atoms. The topological polar surface area (TPSA) is 99.7 Å². The van der Waals surface area contributed by atoms with Gasteiger partial charge in [0.05, 0.1) is 35.7 Å². The van der Waals surface area contributed by atoms with E-state index < -0.39 is 0 Å². The lowest BCUT2D eigenvalue weighted by molar-refractivity contribution is -0.138. The smallest absolute Gasteiger partial charge is 0.251 e. The molecular formula is C25H27N5O3. The number of aryl methyl sites for hydroxylation is 1. The summed E-state index contributed by atoms with van der Waals surface area (Å²) in [6.07, 6.45) is 2.73. The van der Waals surface area contributed by atoms with Crippen molar-refractivity contribution in [1.29, 1.82) is 5.26 Å². The third kappa shape index (κ3) is 4.45. The van der Waals surface area contributed by atoms with Crippen molar-refractivity contribution in [2.75, 3.05) is 26.7 Å². The molecule has 1 aliphatic heterocycles. The van der Waals surface area contributed by atoms with E-state index in [0.29, 0.717) is 49.3 Å². The van der Waals surface area contributed by atoms with Crippen molar-refractivity contribution in [1.82, 2.24) is 19.6 Å². The lowest BCUT2D eigenvalue weighted by Gasteiger charge is -2.33. The van der Waals surface area contributed by atoms with E-state index in [4.69, 9.17) is 9.72 Å². The molecule has 1 N–H and O–H groups in total. The van der Waals surface area contributed by atoms with Gasteiger partial charge in [0.1, 0.15) is 5.65 Å². The number of amides is 2. The molecule has 0 aliphatic carbocycles. The second-order valence-electron chi connectivity index (χ2n) is 8.16. The Morgan fingerprint density at radius 3 is 2.82 bits per heavy atom. The molecule has 4 rings (SSSR count). The SMILES string of the molecule is CCC(=O)N1CCO[C@@H](Cc2c(-c3ccc(C(=O)NC)cc3C)nc3cc(C#N)ccn23)C1. The number of nitrogens with zero attached hydrogens (tertiary/aromatic N) is 4. The maximum absolute atomic E-state index is 12.2. The minimum atomic E-state index is -0.158. The number of aromatic nitrogens is 2. The minimum absolute atomic E-state index is 0.126. The molecule has 8 heteroatoms. The molecule has 2 amide bonds. The average molecular weight is 446 g/mol. The highest BCUT2D eigenvalue weighted by atomic mass is 16.5. The summed E-state index contributed by atoms with van der Waals surface area (Å²) in [6, 6.07) is 11.2. The van der Waals surface area contributed by atoms with E-state index in [1.165, 1.54) is 0 Å². The van der Waals surface area contributed by atoms with Gasteiger partial charge in [-0.1, -0.05) is 13.0 Å². The zero-order valence-corrected chi connectivity index (χ0v) is 19.1. The van der Waals surface area contributed by atoms with Crippen molar-refractivity contribution in [3.05, 3.63) is 58.9 Å². The first kappa shape index (κ1) is 22.5. The van der Waals surface area contributed by atoms with Gasteiger partial charge in [0.25, 0.3) is 5.91 Å². The molecule has 33 heavy (non-hydrogen) atoms. The predicted octanol–water partition coefficient (Wildman–Crippen LogP) is 2.72. The quantitative estimate of drug-likeness (QED) is 0.651. The summed E-state index contributed by atoms with van der Waals surface area (Å²) in [5, 5.41) is 12.0. The Bertz CT molecular complexity index is 1260. The fourth-order valence-electron chi connectivity index (χ4n) is 4.30. The maximum Gasteiger partial charge on any atom is 0.251 e. The monoisotopic (exact) mass is 445 g/mol. The number of imidazole rings is 1. The van der Waals surface area contributed by atoms with Crippen LogP contribution in [0.2, 0.25) is 0 Å². The van der Waals surface area contributed by atoms with E-state index in [0.717, 1.165) is 22.5 Å². The van der Waals surface area contributed by atoms with Gasteiger partial charge in [0, 0.05) is 50.3 Å². The first-order valence-corrected chi connectivity index (χ1v) is 11.1. The summed E-state index contributed by atoms with van der Waals surface area (Å²) in [7, 11) is 1.61. The highest BCUT2D eigenvalue weighted by Crippen LogP contribution is 2.30. The van der Waals surface area contributed by atoms with Crippen LogP contribution in [0.5, 0.6) is 0 Å². The number of ether oxygens (including phenoxy) is 1. The van der Waals surface area contributed by atoms with E-state index in [1.54, 1.807) is 25.2 Å². The van der Waals surface area contributed by atoms with Crippen LogP contribution in [0.4, 0.5) is 0 Å². The van der Waals surface area contributed by atoms with Gasteiger partial charge in [-0.3, -0.25) is 9.59 Å². The lowest BCUT2D eigenvalue weighted by Crippen LogP contribution is -2.46. The van der Waals surface area contributed by atoms with Gasteiger partial charge >= 0.3 is 0 Å². The molecule has 0 radical (unpaired) electrons. The molecular weight excluding hydrogens is 418 g/mol. The van der Waals surface area contributed by atoms with Crippen LogP contribution in [0.3, 0.4) is 0 Å². The second kappa shape index (κ2) is 9.43. The number of hydrogen-bond acceptors (Lipinski definition) is 5. The summed E-state index contributed by atoms with van der Waals surface area (Å²) in [5.41, 5.74) is 5.36. The highest BCUT2D eigenvalue weighted by Gasteiger charge is 2.27. The summed E-state index contributed by atoms with van der Waals surface area (Å²) < 4.78 is 7.99. The molecule has 0 saturated carbocycles. The van der Waals surface area contributed by atoms with Crippen LogP contribution in [0, 0.1) is 18.3 Å². The van der Waals surface area contributed by atoms with E-state index >= 15 is 0 Å². The molecule has 8 nitrogen and oxygen atoms in total. The second-order valence-corrected chi connectivity index (χ2v) is 8.16. The van der Waals surface area contributed by atoms with Crippen LogP contribution >= 0.6 is 0 Å². The number of rotatable bonds is 5. The number of carbonyl (C=O) groups excluding carboxylic acids is 2. The van der Waals surface area contributed by atoms with Gasteiger partial charge in [-0.05, 0) is 36.8 Å². The molecule has 3 aromatic rings. The minimum Gasteiger partial charge on any atom is -0.374 e. The zero-order chi connectivity index (χ0) is 23.5. The number of nitrogens with one attached hydrogen (secondary N) is 1. The number of nitriles is 1. The average Bonchev–Trinajstić information content (AvgIpc) is 3.19. The number of hydrogen-bond donors (Lipinski definition) is 1. The van der Waals surface area contributed by atoms with E-state index in [-0.39, 0.29) is 17.9 Å². The van der Waals surface area contributed by atoms with E-state index in [1.807, 2.05) is 41.5 Å². The van der Waals surface area contributed by atoms with Crippen molar-refractivity contribution in [2.45, 2.75) is 32.8 Å². The number of benzene rings is 1. The largest absolute Gasteiger partial charge is 0.374 e. The molecule has 0 spiro atoms. The van der Waals surface area contributed by atoms with Gasteiger partial charge in [-0.15, -0.1) is 0 Å². The molecule has 0 unspecified atom stereocenters. The van der Waals surface area contributed by atoms with Gasteiger partial charge in [-0.2, -0.15) is 5.26 Å². The molecule has 2 aromatic heterocycles. The fourth-order valence-corrected chi connectivity index (χ4v) is 4.30. The van der Waals surface area contributed by atoms with Crippen LogP contribution in [0.15, 0.2) is 36.5 Å². The lowest BCUT2D eigenvalue weighted by atomic mass is 9.99. The number of fused-ring (bicyclic) bond motifs is 1. The normalized spacial score (nSPS) is 15.9. The van der Waals surface area contributed by atoms with Gasteiger partial charge in [0.15, 0.2) is 0 Å². The summed E-state index contributed by atoms with van der Waals surface area (Å²) in [6.45, 7) is 5.46. The van der Waals surface area contributed by atoms with Gasteiger partial charge in [-0.25, -0.2) is 4.98 Å². The first-order valence-electron chi connectivity index (χ1n) is 11.1. The van der Waals surface area contributed by atoms with Crippen molar-refractivity contribution in [3.63, 3.8) is 0 Å². The van der Waals surface area contributed by atoms with E-state index in [9.17, 15) is 14.9 Å². The molecule has 3 heterocycles. The Morgan fingerprint density at radius 1 is 1.30 bits per heavy atom. The standard InChI is InChI=1S/C25H27N5O3/c1-4-23(31)29-9-10-33-19(15-29)13-21-24(28-22-12-17(14-26)7-8-30(21)22)20-6-5-18(11-16(20)2)25(32)27-3/h5-8,11-12,19H,4,9-10,13,15H2,1-3H3,(H,27,32)/t19-/m0/s1. The Kier molecular flexibility index (Phi) is 6.43. The summed E-state index contributed by atoms with van der Waals surface area (Å²) in [5.74, 6) is -0.0178. The third-order valence-electron chi connectivity index (χ3n) is 6.04. The third-order valence-corrected chi connectivity index (χ3v) is 6.04. The number of carbonyl (C=O) groups is 2. The molecule has 1 saturated heterocycles. The van der Waals surface area contributed by atoms with E-state index in [2.05, 4.69) is 11.4 Å². The Morgan fingerprint density at radius 2 is 2.12 bits per heavy atom. The molecule has 1 fully saturated rings. The van der Waals surface area contributed by atoms with Crippen molar-refractivity contribution in [2.24, 2.45) is 0 Å². The van der Waals surface area contributed by atoms with Crippen LogP contribution in [0.25, 0.3) is 16.9 Å². The number of morpholine rings is 1. The van der Waals surface area contributed by atoms with Gasteiger partial charge in [0.2, 0.25) is 5.91 Å². The van der Waals surface area contributed by atoms with Gasteiger partial charge < -0.3 is 19.4 Å². The zero-order valence-electron chi connectivity index (χ0n) is 19.1. The number of pyridine rings is 1. The Labute approximate surface area is 192 Å². The predicted molar refractivity (Wildman–Crippen MR) is 124 cm³/mol. The van der Waals surface area contributed by atoms with Crippen LogP contribution in [-0.4, -0.2) is 58.9 Å². The first-order chi connectivity index (χ1) is 15.9. The fraction of sp³-hybridized carbons (Fsp3) is 0.360.